The maximum absolute atomic E-state index is 12.8. The molecule has 1 atom stereocenters. The van der Waals surface area contributed by atoms with Gasteiger partial charge in [0.2, 0.25) is 0 Å². The SMILES string of the molecule is Cc1ccc(S(C)(=O)=O)cc1C(=O)O[C@@H](C)C(=O)NC12CC3CC(CC(C3)C1)C2. The zero-order valence-electron chi connectivity index (χ0n) is 17.2. The number of hydrogen-bond acceptors (Lipinski definition) is 5. The lowest BCUT2D eigenvalue weighted by molar-refractivity contribution is -0.134. The quantitative estimate of drug-likeness (QED) is 0.741. The van der Waals surface area contributed by atoms with Gasteiger partial charge < -0.3 is 10.1 Å². The van der Waals surface area contributed by atoms with Gasteiger partial charge in [-0.15, -0.1) is 0 Å². The van der Waals surface area contributed by atoms with Gasteiger partial charge in [-0.25, -0.2) is 13.2 Å². The number of amides is 1. The van der Waals surface area contributed by atoms with Crippen LogP contribution in [0.15, 0.2) is 23.1 Å². The highest BCUT2D eigenvalue weighted by molar-refractivity contribution is 7.90. The Hall–Kier alpha value is -1.89. The van der Waals surface area contributed by atoms with Crippen LogP contribution in [0.5, 0.6) is 0 Å². The second-order valence-electron chi connectivity index (χ2n) is 9.48. The van der Waals surface area contributed by atoms with Crippen molar-refractivity contribution in [2.24, 2.45) is 17.8 Å². The van der Waals surface area contributed by atoms with Gasteiger partial charge in [0, 0.05) is 11.8 Å². The predicted molar refractivity (Wildman–Crippen MR) is 108 cm³/mol. The van der Waals surface area contributed by atoms with Crippen molar-refractivity contribution in [1.82, 2.24) is 5.32 Å². The number of rotatable bonds is 5. The summed E-state index contributed by atoms with van der Waals surface area (Å²) in [5, 5.41) is 3.22. The fourth-order valence-corrected chi connectivity index (χ4v) is 6.60. The van der Waals surface area contributed by atoms with Crippen LogP contribution >= 0.6 is 0 Å². The van der Waals surface area contributed by atoms with E-state index in [2.05, 4.69) is 5.32 Å². The number of sulfone groups is 1. The highest BCUT2D eigenvalue weighted by Crippen LogP contribution is 2.55. The minimum absolute atomic E-state index is 0.0562. The summed E-state index contributed by atoms with van der Waals surface area (Å²) in [5.41, 5.74) is 0.636. The van der Waals surface area contributed by atoms with Gasteiger partial charge in [-0.3, -0.25) is 4.79 Å². The standard InChI is InChI=1S/C22H29NO5S/c1-13-4-5-18(29(3,26)27)9-19(13)21(25)28-14(2)20(24)23-22-10-15-6-16(11-22)8-17(7-15)12-22/h4-5,9,14-17H,6-8,10-12H2,1-3H3,(H,23,24)/t14-,15?,16?,17?,22?/m0/s1. The Bertz CT molecular complexity index is 917. The Morgan fingerprint density at radius 1 is 1.10 bits per heavy atom. The van der Waals surface area contributed by atoms with E-state index in [4.69, 9.17) is 4.74 Å². The first-order chi connectivity index (χ1) is 13.5. The fraction of sp³-hybridized carbons (Fsp3) is 0.636. The third-order valence-corrected chi connectivity index (χ3v) is 8.05. The number of nitrogens with one attached hydrogen (secondary N) is 1. The molecule has 5 rings (SSSR count). The van der Waals surface area contributed by atoms with Crippen LogP contribution in [-0.4, -0.2) is 38.2 Å². The van der Waals surface area contributed by atoms with Crippen molar-refractivity contribution in [1.29, 1.82) is 0 Å². The molecule has 4 aliphatic carbocycles. The monoisotopic (exact) mass is 419 g/mol. The molecule has 4 aliphatic rings. The van der Waals surface area contributed by atoms with Crippen LogP contribution in [0.3, 0.4) is 0 Å². The summed E-state index contributed by atoms with van der Waals surface area (Å²) in [7, 11) is -3.44. The Balaban J connectivity index is 1.44. The van der Waals surface area contributed by atoms with Crippen molar-refractivity contribution in [2.75, 3.05) is 6.26 Å². The lowest BCUT2D eigenvalue weighted by Crippen LogP contribution is -2.61. The first kappa shape index (κ1) is 20.4. The van der Waals surface area contributed by atoms with E-state index < -0.39 is 21.9 Å². The largest absolute Gasteiger partial charge is 0.449 e. The highest BCUT2D eigenvalue weighted by Gasteiger charge is 2.51. The van der Waals surface area contributed by atoms with Gasteiger partial charge in [0.15, 0.2) is 15.9 Å². The van der Waals surface area contributed by atoms with Crippen molar-refractivity contribution in [3.8, 4) is 0 Å². The van der Waals surface area contributed by atoms with Crippen LogP contribution in [0.4, 0.5) is 0 Å². The molecular weight excluding hydrogens is 390 g/mol. The van der Waals surface area contributed by atoms with E-state index in [0.717, 1.165) is 25.5 Å². The number of carbonyl (C=O) groups excluding carboxylic acids is 2. The normalized spacial score (nSPS) is 31.3. The van der Waals surface area contributed by atoms with Crippen molar-refractivity contribution >= 4 is 21.7 Å². The molecule has 1 N–H and O–H groups in total. The van der Waals surface area contributed by atoms with Crippen molar-refractivity contribution in [3.05, 3.63) is 29.3 Å². The Kier molecular flexibility index (Phi) is 5.00. The summed E-state index contributed by atoms with van der Waals surface area (Å²) in [6, 6.07) is 4.36. The lowest BCUT2D eigenvalue weighted by atomic mass is 9.53. The van der Waals surface area contributed by atoms with Crippen LogP contribution in [0.25, 0.3) is 0 Å². The average molecular weight is 420 g/mol. The number of ether oxygens (including phenoxy) is 1. The number of hydrogen-bond donors (Lipinski definition) is 1. The highest BCUT2D eigenvalue weighted by atomic mass is 32.2. The summed E-state index contributed by atoms with van der Waals surface area (Å²) in [6.07, 6.45) is 7.11. The van der Waals surface area contributed by atoms with E-state index in [-0.39, 0.29) is 21.9 Å². The van der Waals surface area contributed by atoms with Crippen LogP contribution in [0.1, 0.15) is 61.4 Å². The third kappa shape index (κ3) is 4.06. The fourth-order valence-electron chi connectivity index (χ4n) is 5.96. The summed E-state index contributed by atoms with van der Waals surface area (Å²) in [4.78, 5) is 25.5. The number of esters is 1. The van der Waals surface area contributed by atoms with Gasteiger partial charge in [-0.05, 0) is 87.8 Å². The minimum atomic E-state index is -3.44. The molecule has 0 heterocycles. The first-order valence-corrected chi connectivity index (χ1v) is 12.3. The van der Waals surface area contributed by atoms with Gasteiger partial charge in [-0.1, -0.05) is 6.07 Å². The van der Waals surface area contributed by atoms with Gasteiger partial charge in [-0.2, -0.15) is 0 Å². The molecule has 0 aromatic heterocycles. The Morgan fingerprint density at radius 3 is 2.17 bits per heavy atom. The van der Waals surface area contributed by atoms with Gasteiger partial charge in [0.1, 0.15) is 0 Å². The van der Waals surface area contributed by atoms with Crippen molar-refractivity contribution in [2.45, 2.75) is 68.9 Å². The maximum Gasteiger partial charge on any atom is 0.339 e. The molecule has 158 valence electrons. The van der Waals surface area contributed by atoms with E-state index in [0.29, 0.717) is 23.3 Å². The Morgan fingerprint density at radius 2 is 1.66 bits per heavy atom. The summed E-state index contributed by atoms with van der Waals surface area (Å²) < 4.78 is 29.0. The molecule has 0 radical (unpaired) electrons. The molecule has 1 aromatic rings. The molecule has 1 aromatic carbocycles. The molecule has 4 fully saturated rings. The van der Waals surface area contributed by atoms with E-state index in [1.165, 1.54) is 31.4 Å². The van der Waals surface area contributed by atoms with Crippen molar-refractivity contribution in [3.63, 3.8) is 0 Å². The second-order valence-corrected chi connectivity index (χ2v) is 11.5. The molecule has 0 spiro atoms. The molecule has 29 heavy (non-hydrogen) atoms. The van der Waals surface area contributed by atoms with Crippen molar-refractivity contribution < 1.29 is 22.7 Å². The Labute approximate surface area is 172 Å². The number of carbonyl (C=O) groups is 2. The summed E-state index contributed by atoms with van der Waals surface area (Å²) in [5.74, 6) is 1.18. The molecule has 4 bridgehead atoms. The van der Waals surface area contributed by atoms with Gasteiger partial charge in [0.05, 0.1) is 10.5 Å². The average Bonchev–Trinajstić information content (AvgIpc) is 2.59. The minimum Gasteiger partial charge on any atom is -0.449 e. The predicted octanol–water partition coefficient (Wildman–Crippen LogP) is 3.03. The molecule has 0 saturated heterocycles. The van der Waals surface area contributed by atoms with E-state index in [1.54, 1.807) is 19.9 Å². The summed E-state index contributed by atoms with van der Waals surface area (Å²) in [6.45, 7) is 3.28. The molecule has 0 unspecified atom stereocenters. The lowest BCUT2D eigenvalue weighted by Gasteiger charge is -2.57. The van der Waals surface area contributed by atoms with E-state index in [9.17, 15) is 18.0 Å². The van der Waals surface area contributed by atoms with Crippen LogP contribution in [0.2, 0.25) is 0 Å². The molecule has 4 saturated carbocycles. The van der Waals surface area contributed by atoms with Gasteiger partial charge in [0.25, 0.3) is 5.91 Å². The van der Waals surface area contributed by atoms with E-state index in [1.807, 2.05) is 0 Å². The topological polar surface area (TPSA) is 89.5 Å². The zero-order chi connectivity index (χ0) is 21.0. The van der Waals surface area contributed by atoms with Gasteiger partial charge >= 0.3 is 5.97 Å². The molecule has 7 heteroatoms. The number of benzene rings is 1. The number of aryl methyl sites for hydroxylation is 1. The molecule has 0 aliphatic heterocycles. The smallest absolute Gasteiger partial charge is 0.339 e. The molecule has 6 nitrogen and oxygen atoms in total. The van der Waals surface area contributed by atoms with Crippen LogP contribution in [-0.2, 0) is 19.4 Å². The maximum atomic E-state index is 12.8. The second kappa shape index (κ2) is 7.11. The third-order valence-electron chi connectivity index (χ3n) is 6.94. The first-order valence-electron chi connectivity index (χ1n) is 10.4. The van der Waals surface area contributed by atoms with Crippen LogP contribution < -0.4 is 5.32 Å². The summed E-state index contributed by atoms with van der Waals surface area (Å²) >= 11 is 0. The van der Waals surface area contributed by atoms with Crippen LogP contribution in [0, 0.1) is 24.7 Å². The zero-order valence-corrected chi connectivity index (χ0v) is 18.1. The van der Waals surface area contributed by atoms with E-state index >= 15 is 0 Å². The molecule has 1 amide bonds. The molecular formula is C22H29NO5S.